The molecule has 6 heteroatoms. The average molecular weight is 261 g/mol. The molecule has 0 aliphatic heterocycles. The second-order valence-electron chi connectivity index (χ2n) is 5.41. The lowest BCUT2D eigenvalue weighted by Gasteiger charge is -2.14. The summed E-state index contributed by atoms with van der Waals surface area (Å²) in [5.74, 6) is -0.644. The number of nitrogens with zero attached hydrogens (tertiary/aromatic N) is 2. The molecule has 2 aliphatic rings. The van der Waals surface area contributed by atoms with Crippen LogP contribution in [-0.4, -0.2) is 33.5 Å². The number of amides is 1. The van der Waals surface area contributed by atoms with Crippen LogP contribution in [0.5, 0.6) is 0 Å². The number of carboxylic acid groups (broad SMARTS) is 1. The molecule has 1 heterocycles. The van der Waals surface area contributed by atoms with Crippen LogP contribution in [0.1, 0.15) is 46.7 Å². The zero-order valence-electron chi connectivity index (χ0n) is 10.4. The number of aromatic nitrogens is 2. The van der Waals surface area contributed by atoms with Crippen LogP contribution in [-0.2, 0) is 0 Å². The van der Waals surface area contributed by atoms with Crippen LogP contribution in [0.3, 0.4) is 0 Å². The first-order valence-electron chi connectivity index (χ1n) is 6.44. The minimum atomic E-state index is -1.15. The molecule has 2 aliphatic carbocycles. The topological polar surface area (TPSA) is 92.2 Å². The molecule has 100 valence electrons. The molecule has 3 rings (SSSR count). The molecule has 6 nitrogen and oxygen atoms in total. The SMILES string of the molecule is O=C(O)c1cnc(C(=O)NCC2(C3CC3)CC2)cn1. The van der Waals surface area contributed by atoms with Crippen LogP contribution in [0.4, 0.5) is 0 Å². The van der Waals surface area contributed by atoms with E-state index in [9.17, 15) is 9.59 Å². The molecular weight excluding hydrogens is 246 g/mol. The maximum Gasteiger partial charge on any atom is 0.356 e. The number of carbonyl (C=O) groups is 2. The van der Waals surface area contributed by atoms with Crippen molar-refractivity contribution in [3.63, 3.8) is 0 Å². The van der Waals surface area contributed by atoms with Crippen molar-refractivity contribution in [2.75, 3.05) is 6.54 Å². The van der Waals surface area contributed by atoms with E-state index in [-0.39, 0.29) is 17.3 Å². The summed E-state index contributed by atoms with van der Waals surface area (Å²) in [5.41, 5.74) is 0.342. The lowest BCUT2D eigenvalue weighted by atomic mass is 10.0. The van der Waals surface area contributed by atoms with Crippen molar-refractivity contribution in [2.45, 2.75) is 25.7 Å². The van der Waals surface area contributed by atoms with E-state index in [4.69, 9.17) is 5.11 Å². The third-order valence-corrected chi connectivity index (χ3v) is 4.04. The highest BCUT2D eigenvalue weighted by Gasteiger charge is 2.53. The quantitative estimate of drug-likeness (QED) is 0.827. The molecule has 1 aromatic heterocycles. The Bertz CT molecular complexity index is 518. The van der Waals surface area contributed by atoms with Gasteiger partial charge in [-0.1, -0.05) is 0 Å². The van der Waals surface area contributed by atoms with Gasteiger partial charge in [0.1, 0.15) is 5.69 Å². The minimum Gasteiger partial charge on any atom is -0.476 e. The van der Waals surface area contributed by atoms with Gasteiger partial charge in [-0.05, 0) is 37.0 Å². The van der Waals surface area contributed by atoms with Gasteiger partial charge < -0.3 is 10.4 Å². The highest BCUT2D eigenvalue weighted by molar-refractivity contribution is 5.92. The number of hydrogen-bond donors (Lipinski definition) is 2. The molecule has 0 unspecified atom stereocenters. The summed E-state index contributed by atoms with van der Waals surface area (Å²) >= 11 is 0. The first kappa shape index (κ1) is 12.1. The van der Waals surface area contributed by atoms with Gasteiger partial charge in [0.25, 0.3) is 5.91 Å². The second kappa shape index (κ2) is 4.29. The molecule has 2 saturated carbocycles. The fourth-order valence-electron chi connectivity index (χ4n) is 2.49. The number of aromatic carboxylic acids is 1. The Kier molecular flexibility index (Phi) is 2.73. The Morgan fingerprint density at radius 1 is 1.26 bits per heavy atom. The van der Waals surface area contributed by atoms with E-state index < -0.39 is 5.97 Å². The summed E-state index contributed by atoms with van der Waals surface area (Å²) < 4.78 is 0. The first-order chi connectivity index (χ1) is 9.11. The number of rotatable bonds is 5. The van der Waals surface area contributed by atoms with E-state index >= 15 is 0 Å². The van der Waals surface area contributed by atoms with Crippen molar-refractivity contribution in [3.8, 4) is 0 Å². The number of carboxylic acids is 1. The lowest BCUT2D eigenvalue weighted by Crippen LogP contribution is -2.31. The number of carbonyl (C=O) groups excluding carboxylic acids is 1. The Labute approximate surface area is 110 Å². The Morgan fingerprint density at radius 3 is 2.37 bits per heavy atom. The summed E-state index contributed by atoms with van der Waals surface area (Å²) in [6, 6.07) is 0. The Hall–Kier alpha value is -1.98. The van der Waals surface area contributed by atoms with E-state index in [2.05, 4.69) is 15.3 Å². The molecule has 19 heavy (non-hydrogen) atoms. The van der Waals surface area contributed by atoms with Gasteiger partial charge in [0.05, 0.1) is 12.4 Å². The third kappa shape index (κ3) is 2.43. The van der Waals surface area contributed by atoms with Crippen molar-refractivity contribution in [3.05, 3.63) is 23.8 Å². The summed E-state index contributed by atoms with van der Waals surface area (Å²) in [6.45, 7) is 0.693. The average Bonchev–Trinajstić information content (AvgIpc) is 3.28. The standard InChI is InChI=1S/C13H15N3O3/c17-11(9-5-15-10(6-14-9)12(18)19)16-7-13(3-4-13)8-1-2-8/h5-6,8H,1-4,7H2,(H,16,17)(H,18,19). The zero-order chi connectivity index (χ0) is 13.5. The highest BCUT2D eigenvalue weighted by atomic mass is 16.4. The van der Waals surface area contributed by atoms with E-state index in [0.29, 0.717) is 12.0 Å². The van der Waals surface area contributed by atoms with Crippen LogP contribution < -0.4 is 5.32 Å². The van der Waals surface area contributed by atoms with Gasteiger partial charge in [-0.15, -0.1) is 0 Å². The minimum absolute atomic E-state index is 0.159. The molecule has 0 aromatic carbocycles. The maximum absolute atomic E-state index is 11.9. The summed E-state index contributed by atoms with van der Waals surface area (Å²) in [4.78, 5) is 30.0. The van der Waals surface area contributed by atoms with Gasteiger partial charge in [-0.25, -0.2) is 14.8 Å². The van der Waals surface area contributed by atoms with Crippen molar-refractivity contribution in [1.82, 2.24) is 15.3 Å². The van der Waals surface area contributed by atoms with E-state index in [1.807, 2.05) is 0 Å². The second-order valence-corrected chi connectivity index (χ2v) is 5.41. The molecular formula is C13H15N3O3. The number of hydrogen-bond acceptors (Lipinski definition) is 4. The van der Waals surface area contributed by atoms with E-state index in [0.717, 1.165) is 12.1 Å². The van der Waals surface area contributed by atoms with Crippen LogP contribution in [0.25, 0.3) is 0 Å². The van der Waals surface area contributed by atoms with Crippen molar-refractivity contribution in [1.29, 1.82) is 0 Å². The molecule has 0 saturated heterocycles. The molecule has 0 atom stereocenters. The van der Waals surface area contributed by atoms with Gasteiger partial charge in [0.2, 0.25) is 0 Å². The summed E-state index contributed by atoms with van der Waals surface area (Å²) in [7, 11) is 0. The summed E-state index contributed by atoms with van der Waals surface area (Å²) in [6.07, 6.45) is 7.26. The molecule has 1 amide bonds. The van der Waals surface area contributed by atoms with Crippen LogP contribution in [0, 0.1) is 11.3 Å². The van der Waals surface area contributed by atoms with E-state index in [1.54, 1.807) is 0 Å². The molecule has 0 radical (unpaired) electrons. The zero-order valence-corrected chi connectivity index (χ0v) is 10.4. The van der Waals surface area contributed by atoms with Gasteiger partial charge >= 0.3 is 5.97 Å². The van der Waals surface area contributed by atoms with Crippen LogP contribution in [0.15, 0.2) is 12.4 Å². The predicted molar refractivity (Wildman–Crippen MR) is 65.7 cm³/mol. The largest absolute Gasteiger partial charge is 0.476 e. The first-order valence-corrected chi connectivity index (χ1v) is 6.44. The van der Waals surface area contributed by atoms with Crippen molar-refractivity contribution < 1.29 is 14.7 Å². The third-order valence-electron chi connectivity index (χ3n) is 4.04. The summed E-state index contributed by atoms with van der Waals surface area (Å²) in [5, 5.41) is 11.6. The fraction of sp³-hybridized carbons (Fsp3) is 0.538. The predicted octanol–water partition coefficient (Wildman–Crippen LogP) is 1.09. The van der Waals surface area contributed by atoms with Gasteiger partial charge in [0.15, 0.2) is 5.69 Å². The highest BCUT2D eigenvalue weighted by Crippen LogP contribution is 2.60. The normalized spacial score (nSPS) is 19.8. The van der Waals surface area contributed by atoms with E-state index in [1.165, 1.54) is 31.9 Å². The lowest BCUT2D eigenvalue weighted by molar-refractivity contribution is 0.0689. The monoisotopic (exact) mass is 261 g/mol. The van der Waals surface area contributed by atoms with Gasteiger partial charge in [-0.3, -0.25) is 4.79 Å². The maximum atomic E-state index is 11.9. The van der Waals surface area contributed by atoms with Crippen LogP contribution in [0.2, 0.25) is 0 Å². The Balaban J connectivity index is 1.59. The molecule has 2 fully saturated rings. The van der Waals surface area contributed by atoms with Crippen LogP contribution >= 0.6 is 0 Å². The molecule has 0 spiro atoms. The number of nitrogens with one attached hydrogen (secondary N) is 1. The fourth-order valence-corrected chi connectivity index (χ4v) is 2.49. The van der Waals surface area contributed by atoms with Crippen molar-refractivity contribution in [2.24, 2.45) is 11.3 Å². The molecule has 2 N–H and O–H groups in total. The molecule has 0 bridgehead atoms. The Morgan fingerprint density at radius 2 is 1.89 bits per heavy atom. The van der Waals surface area contributed by atoms with Gasteiger partial charge in [0, 0.05) is 6.54 Å². The molecule has 1 aromatic rings. The van der Waals surface area contributed by atoms with Gasteiger partial charge in [-0.2, -0.15) is 0 Å². The smallest absolute Gasteiger partial charge is 0.356 e. The van der Waals surface area contributed by atoms with Crippen molar-refractivity contribution >= 4 is 11.9 Å².